The molecule has 2 heteroatoms. The normalized spacial score (nSPS) is 12.7. The Hall–Kier alpha value is -1.02. The van der Waals surface area contributed by atoms with Crippen molar-refractivity contribution in [1.29, 1.82) is 0 Å². The zero-order chi connectivity index (χ0) is 15.8. The third-order valence-electron chi connectivity index (χ3n) is 4.46. The van der Waals surface area contributed by atoms with Crippen LogP contribution in [0.1, 0.15) is 69.2 Å². The third kappa shape index (κ3) is 4.47. The Bertz CT molecular complexity index is 422. The molecule has 120 valence electrons. The predicted octanol–water partition coefficient (Wildman–Crippen LogP) is 5.18. The van der Waals surface area contributed by atoms with Gasteiger partial charge >= 0.3 is 0 Å². The van der Waals surface area contributed by atoms with Crippen LogP contribution in [0, 0.1) is 19.8 Å². The molecule has 0 radical (unpaired) electrons. The molecule has 0 saturated heterocycles. The van der Waals surface area contributed by atoms with Crippen molar-refractivity contribution in [3.05, 3.63) is 28.8 Å². The molecule has 0 fully saturated rings. The number of ether oxygens (including phenoxy) is 1. The molecule has 1 N–H and O–H groups in total. The van der Waals surface area contributed by atoms with Gasteiger partial charge in [-0.2, -0.15) is 0 Å². The minimum atomic E-state index is 0.393. The highest BCUT2D eigenvalue weighted by atomic mass is 16.5. The summed E-state index contributed by atoms with van der Waals surface area (Å²) in [5.41, 5.74) is 3.90. The van der Waals surface area contributed by atoms with Gasteiger partial charge in [-0.1, -0.05) is 45.7 Å². The first-order valence-corrected chi connectivity index (χ1v) is 8.48. The Morgan fingerprint density at radius 2 is 1.67 bits per heavy atom. The van der Waals surface area contributed by atoms with Crippen LogP contribution in [-0.4, -0.2) is 13.7 Å². The maximum absolute atomic E-state index is 5.75. The first-order valence-electron chi connectivity index (χ1n) is 8.48. The molecule has 2 nitrogen and oxygen atoms in total. The summed E-state index contributed by atoms with van der Waals surface area (Å²) in [5, 5.41) is 3.71. The topological polar surface area (TPSA) is 21.3 Å². The summed E-state index contributed by atoms with van der Waals surface area (Å²) in [7, 11) is 1.79. The van der Waals surface area contributed by atoms with Crippen LogP contribution in [0.15, 0.2) is 12.1 Å². The minimum Gasteiger partial charge on any atom is -0.496 e. The van der Waals surface area contributed by atoms with Crippen molar-refractivity contribution in [3.8, 4) is 5.75 Å². The molecule has 0 aliphatic rings. The average Bonchev–Trinajstić information content (AvgIpc) is 2.47. The highest BCUT2D eigenvalue weighted by Gasteiger charge is 2.25. The van der Waals surface area contributed by atoms with E-state index >= 15 is 0 Å². The average molecular weight is 291 g/mol. The fourth-order valence-electron chi connectivity index (χ4n) is 3.30. The Labute approximate surface area is 131 Å². The van der Waals surface area contributed by atoms with E-state index in [0.717, 1.165) is 12.3 Å². The largest absolute Gasteiger partial charge is 0.496 e. The molecule has 0 aliphatic carbocycles. The van der Waals surface area contributed by atoms with Crippen molar-refractivity contribution in [3.63, 3.8) is 0 Å². The minimum absolute atomic E-state index is 0.393. The summed E-state index contributed by atoms with van der Waals surface area (Å²) in [5.74, 6) is 1.74. The second-order valence-electron chi connectivity index (χ2n) is 6.00. The molecule has 0 spiro atoms. The maximum atomic E-state index is 5.75. The maximum Gasteiger partial charge on any atom is 0.126 e. The van der Waals surface area contributed by atoms with Crippen LogP contribution >= 0.6 is 0 Å². The Morgan fingerprint density at radius 3 is 2.14 bits per heavy atom. The van der Waals surface area contributed by atoms with Gasteiger partial charge in [-0.05, 0) is 50.3 Å². The Kier molecular flexibility index (Phi) is 7.81. The van der Waals surface area contributed by atoms with E-state index in [1.54, 1.807) is 7.11 Å². The molecule has 1 aromatic rings. The van der Waals surface area contributed by atoms with Crippen molar-refractivity contribution in [2.75, 3.05) is 13.7 Å². The quantitative estimate of drug-likeness (QED) is 0.677. The Balaban J connectivity index is 3.23. The van der Waals surface area contributed by atoms with Gasteiger partial charge in [0, 0.05) is 11.6 Å². The van der Waals surface area contributed by atoms with Crippen molar-refractivity contribution in [1.82, 2.24) is 5.32 Å². The zero-order valence-corrected chi connectivity index (χ0v) is 14.8. The lowest BCUT2D eigenvalue weighted by molar-refractivity contribution is 0.308. The Morgan fingerprint density at radius 1 is 1.05 bits per heavy atom. The van der Waals surface area contributed by atoms with E-state index < -0.39 is 0 Å². The van der Waals surface area contributed by atoms with Crippen LogP contribution < -0.4 is 10.1 Å². The van der Waals surface area contributed by atoms with Crippen molar-refractivity contribution in [2.45, 2.75) is 66.3 Å². The number of nitrogens with one attached hydrogen (secondary N) is 1. The number of hydrogen-bond donors (Lipinski definition) is 1. The fraction of sp³-hybridized carbons (Fsp3) is 0.684. The van der Waals surface area contributed by atoms with Gasteiger partial charge in [-0.3, -0.25) is 0 Å². The van der Waals surface area contributed by atoms with E-state index in [0.29, 0.717) is 12.0 Å². The van der Waals surface area contributed by atoms with Gasteiger partial charge in [0.15, 0.2) is 0 Å². The first kappa shape index (κ1) is 18.0. The van der Waals surface area contributed by atoms with E-state index in [1.807, 2.05) is 0 Å². The van der Waals surface area contributed by atoms with Gasteiger partial charge in [-0.25, -0.2) is 0 Å². The molecule has 0 bridgehead atoms. The van der Waals surface area contributed by atoms with Crippen molar-refractivity contribution < 1.29 is 4.74 Å². The number of methoxy groups -OCH3 is 1. The van der Waals surface area contributed by atoms with Crippen molar-refractivity contribution >= 4 is 0 Å². The van der Waals surface area contributed by atoms with Gasteiger partial charge in [0.2, 0.25) is 0 Å². The lowest BCUT2D eigenvalue weighted by Crippen LogP contribution is -2.29. The monoisotopic (exact) mass is 291 g/mol. The molecule has 1 rings (SSSR count). The lowest BCUT2D eigenvalue weighted by Gasteiger charge is -2.30. The van der Waals surface area contributed by atoms with Crippen LogP contribution in [-0.2, 0) is 0 Å². The smallest absolute Gasteiger partial charge is 0.126 e. The third-order valence-corrected chi connectivity index (χ3v) is 4.46. The lowest BCUT2D eigenvalue weighted by atomic mass is 9.84. The SMILES string of the molecule is CCCC(CCC)C(NCC)c1ccc(C)c(C)c1OC. The summed E-state index contributed by atoms with van der Waals surface area (Å²) >= 11 is 0. The molecular formula is C19H33NO. The van der Waals surface area contributed by atoms with E-state index in [4.69, 9.17) is 4.74 Å². The number of benzene rings is 1. The van der Waals surface area contributed by atoms with Crippen LogP contribution in [0.3, 0.4) is 0 Å². The summed E-state index contributed by atoms with van der Waals surface area (Å²) in [6.45, 7) is 12.1. The zero-order valence-electron chi connectivity index (χ0n) is 14.8. The standard InChI is InChI=1S/C19H33NO/c1-7-10-16(11-8-2)18(20-9-3)17-13-12-14(4)15(5)19(17)21-6/h12-13,16,18,20H,7-11H2,1-6H3. The predicted molar refractivity (Wildman–Crippen MR) is 92.2 cm³/mol. The summed E-state index contributed by atoms with van der Waals surface area (Å²) in [6.07, 6.45) is 5.00. The summed E-state index contributed by atoms with van der Waals surface area (Å²) in [4.78, 5) is 0. The van der Waals surface area contributed by atoms with Crippen LogP contribution in [0.4, 0.5) is 0 Å². The summed E-state index contributed by atoms with van der Waals surface area (Å²) in [6, 6.07) is 4.88. The van der Waals surface area contributed by atoms with E-state index in [9.17, 15) is 0 Å². The molecule has 1 atom stereocenters. The number of hydrogen-bond acceptors (Lipinski definition) is 2. The highest BCUT2D eigenvalue weighted by Crippen LogP contribution is 2.37. The second-order valence-corrected chi connectivity index (χ2v) is 6.00. The van der Waals surface area contributed by atoms with E-state index in [1.165, 1.54) is 42.4 Å². The molecular weight excluding hydrogens is 258 g/mol. The molecule has 1 unspecified atom stereocenters. The van der Waals surface area contributed by atoms with Gasteiger partial charge in [0.1, 0.15) is 5.75 Å². The van der Waals surface area contributed by atoms with Crippen molar-refractivity contribution in [2.24, 2.45) is 5.92 Å². The van der Waals surface area contributed by atoms with Crippen LogP contribution in [0.25, 0.3) is 0 Å². The number of aryl methyl sites for hydroxylation is 1. The molecule has 0 heterocycles. The van der Waals surface area contributed by atoms with Gasteiger partial charge in [-0.15, -0.1) is 0 Å². The molecule has 0 saturated carbocycles. The molecule has 21 heavy (non-hydrogen) atoms. The van der Waals surface area contributed by atoms with Crippen LogP contribution in [0.2, 0.25) is 0 Å². The summed E-state index contributed by atoms with van der Waals surface area (Å²) < 4.78 is 5.75. The van der Waals surface area contributed by atoms with Gasteiger partial charge < -0.3 is 10.1 Å². The molecule has 1 aromatic carbocycles. The number of rotatable bonds is 9. The highest BCUT2D eigenvalue weighted by molar-refractivity contribution is 5.47. The fourth-order valence-corrected chi connectivity index (χ4v) is 3.30. The van der Waals surface area contributed by atoms with Gasteiger partial charge in [0.05, 0.1) is 7.11 Å². The molecule has 0 aliphatic heterocycles. The van der Waals surface area contributed by atoms with Crippen LogP contribution in [0.5, 0.6) is 5.75 Å². The first-order chi connectivity index (χ1) is 10.1. The van der Waals surface area contributed by atoms with Gasteiger partial charge in [0.25, 0.3) is 0 Å². The van der Waals surface area contributed by atoms with E-state index in [2.05, 4.69) is 52.1 Å². The van der Waals surface area contributed by atoms with E-state index in [-0.39, 0.29) is 0 Å². The molecule has 0 aromatic heterocycles. The second kappa shape index (κ2) is 9.09. The molecule has 0 amide bonds.